The zero-order valence-electron chi connectivity index (χ0n) is 22.5. The van der Waals surface area contributed by atoms with Gasteiger partial charge in [-0.1, -0.05) is 68.4 Å². The van der Waals surface area contributed by atoms with Crippen LogP contribution < -0.4 is 4.74 Å². The average Bonchev–Trinajstić information content (AvgIpc) is 3.46. The summed E-state index contributed by atoms with van der Waals surface area (Å²) < 4.78 is 5.77. The van der Waals surface area contributed by atoms with Gasteiger partial charge in [0.25, 0.3) is 5.91 Å². The van der Waals surface area contributed by atoms with Crippen LogP contribution >= 0.6 is 11.3 Å². The zero-order chi connectivity index (χ0) is 28.4. The van der Waals surface area contributed by atoms with Crippen molar-refractivity contribution in [3.8, 4) is 22.1 Å². The first-order chi connectivity index (χ1) is 19.2. The molecule has 1 atom stereocenters. The normalized spacial score (nSPS) is 15.2. The van der Waals surface area contributed by atoms with Crippen LogP contribution in [0.2, 0.25) is 0 Å². The smallest absolute Gasteiger partial charge is 0.290 e. The highest BCUT2D eigenvalue weighted by Crippen LogP contribution is 2.42. The molecule has 7 nitrogen and oxygen atoms in total. The van der Waals surface area contributed by atoms with Crippen molar-refractivity contribution in [1.82, 2.24) is 9.88 Å². The second-order valence-electron chi connectivity index (χ2n) is 10.2. The molecule has 0 saturated carbocycles. The number of nitrogens with zero attached hydrogens (tertiary/aromatic N) is 2. The van der Waals surface area contributed by atoms with E-state index in [1.54, 1.807) is 19.1 Å². The summed E-state index contributed by atoms with van der Waals surface area (Å²) in [5.41, 5.74) is 2.82. The van der Waals surface area contributed by atoms with Crippen LogP contribution in [0, 0.1) is 12.8 Å². The number of ketones is 1. The van der Waals surface area contributed by atoms with Gasteiger partial charge < -0.3 is 19.8 Å². The Balaban J connectivity index is 1.49. The van der Waals surface area contributed by atoms with Crippen molar-refractivity contribution in [2.45, 2.75) is 33.4 Å². The fraction of sp³-hybridized carbons (Fsp3) is 0.219. The number of ether oxygens (including phenoxy) is 1. The van der Waals surface area contributed by atoms with Gasteiger partial charge in [0.1, 0.15) is 16.5 Å². The van der Waals surface area contributed by atoms with E-state index in [0.717, 1.165) is 16.9 Å². The Morgan fingerprint density at radius 2 is 1.68 bits per heavy atom. The van der Waals surface area contributed by atoms with Crippen LogP contribution in [0.15, 0.2) is 90.2 Å². The van der Waals surface area contributed by atoms with E-state index in [1.807, 2.05) is 54.6 Å². The second-order valence-corrected chi connectivity index (χ2v) is 11.2. The summed E-state index contributed by atoms with van der Waals surface area (Å²) in [6.45, 7) is 6.66. The van der Waals surface area contributed by atoms with Gasteiger partial charge in [-0.05, 0) is 48.2 Å². The number of phenols is 1. The number of hydrogen-bond donors (Lipinski definition) is 2. The molecule has 40 heavy (non-hydrogen) atoms. The molecule has 5 rings (SSSR count). The molecular weight excluding hydrogens is 524 g/mol. The molecule has 1 aromatic heterocycles. The van der Waals surface area contributed by atoms with E-state index in [4.69, 9.17) is 4.74 Å². The van der Waals surface area contributed by atoms with E-state index >= 15 is 0 Å². The minimum atomic E-state index is -0.848. The Hall–Kier alpha value is -4.43. The van der Waals surface area contributed by atoms with E-state index in [-0.39, 0.29) is 17.9 Å². The fourth-order valence-corrected chi connectivity index (χ4v) is 5.66. The minimum Gasteiger partial charge on any atom is -0.508 e. The van der Waals surface area contributed by atoms with Crippen molar-refractivity contribution in [2.24, 2.45) is 5.92 Å². The summed E-state index contributed by atoms with van der Waals surface area (Å²) in [4.78, 5) is 33.9. The third-order valence-corrected chi connectivity index (χ3v) is 7.85. The molecule has 0 bridgehead atoms. The van der Waals surface area contributed by atoms with Gasteiger partial charge >= 0.3 is 0 Å². The number of amides is 1. The van der Waals surface area contributed by atoms with Crippen LogP contribution in [-0.4, -0.2) is 38.4 Å². The van der Waals surface area contributed by atoms with Gasteiger partial charge in [0.15, 0.2) is 5.76 Å². The number of rotatable bonds is 9. The summed E-state index contributed by atoms with van der Waals surface area (Å²) >= 11 is 1.23. The van der Waals surface area contributed by atoms with Gasteiger partial charge in [-0.3, -0.25) is 9.59 Å². The molecule has 0 spiro atoms. The molecule has 0 radical (unpaired) electrons. The first-order valence-electron chi connectivity index (χ1n) is 13.0. The summed E-state index contributed by atoms with van der Waals surface area (Å²) in [6, 6.07) is 22.4. The molecule has 8 heteroatoms. The van der Waals surface area contributed by atoms with Gasteiger partial charge in [0.05, 0.1) is 28.8 Å². The molecule has 4 aromatic rings. The number of carbonyl (C=O) groups excluding carboxylic acids is 2. The number of aryl methyl sites for hydroxylation is 1. The SMILES string of the molecule is Cc1nc(-c2ccccc2)sc1C(=O)C1=C(O)C(=O)N(Cc2ccc(OCC(C)C)cc2)C1c1ccc(O)cc1. The van der Waals surface area contributed by atoms with Crippen LogP contribution in [-0.2, 0) is 11.3 Å². The predicted molar refractivity (Wildman–Crippen MR) is 154 cm³/mol. The molecule has 204 valence electrons. The second kappa shape index (κ2) is 11.4. The summed E-state index contributed by atoms with van der Waals surface area (Å²) in [6.07, 6.45) is 0. The number of aliphatic hydroxyl groups is 1. The lowest BCUT2D eigenvalue weighted by Gasteiger charge is -2.27. The highest BCUT2D eigenvalue weighted by Gasteiger charge is 2.44. The highest BCUT2D eigenvalue weighted by atomic mass is 32.1. The molecule has 0 aliphatic carbocycles. The summed E-state index contributed by atoms with van der Waals surface area (Å²) in [5.74, 6) is -0.471. The third kappa shape index (κ3) is 5.49. The van der Waals surface area contributed by atoms with Crippen LogP contribution in [0.25, 0.3) is 10.6 Å². The number of aromatic hydroxyl groups is 1. The molecule has 1 aliphatic heterocycles. The Morgan fingerprint density at radius 1 is 1.00 bits per heavy atom. The maximum atomic E-state index is 14.0. The highest BCUT2D eigenvalue weighted by molar-refractivity contribution is 7.17. The summed E-state index contributed by atoms with van der Waals surface area (Å²) in [7, 11) is 0. The predicted octanol–water partition coefficient (Wildman–Crippen LogP) is 6.64. The standard InChI is InChI=1S/C32H30N2O5S/c1-19(2)18-39-25-15-9-21(10-16-25)17-34-27(22-11-13-24(35)14-12-22)26(29(37)32(34)38)28(36)30-20(3)33-31(40-30)23-7-5-4-6-8-23/h4-16,19,27,35,37H,17-18H2,1-3H3. The van der Waals surface area contributed by atoms with Crippen LogP contribution in [0.1, 0.15) is 46.4 Å². The number of aliphatic hydroxyl groups excluding tert-OH is 1. The molecule has 2 heterocycles. The number of benzene rings is 3. The number of thiazole rings is 1. The lowest BCUT2D eigenvalue weighted by atomic mass is 9.94. The van der Waals surface area contributed by atoms with E-state index < -0.39 is 23.5 Å². The Kier molecular flexibility index (Phi) is 7.71. The number of hydrogen-bond acceptors (Lipinski definition) is 7. The molecule has 0 saturated heterocycles. The number of carbonyl (C=O) groups is 2. The van der Waals surface area contributed by atoms with Crippen LogP contribution in [0.4, 0.5) is 0 Å². The Labute approximate surface area is 237 Å². The lowest BCUT2D eigenvalue weighted by Crippen LogP contribution is -2.30. The molecular formula is C32H30N2O5S. The zero-order valence-corrected chi connectivity index (χ0v) is 23.3. The quantitative estimate of drug-likeness (QED) is 0.225. The van der Waals surface area contributed by atoms with E-state index in [2.05, 4.69) is 18.8 Å². The number of Topliss-reactive ketones (excluding diaryl/α,β-unsaturated/α-hetero) is 1. The Bertz CT molecular complexity index is 1560. The van der Waals surface area contributed by atoms with Gasteiger partial charge in [0, 0.05) is 12.1 Å². The average molecular weight is 555 g/mol. The van der Waals surface area contributed by atoms with Crippen molar-refractivity contribution in [3.05, 3.63) is 112 Å². The van der Waals surface area contributed by atoms with Gasteiger partial charge in [0.2, 0.25) is 5.78 Å². The monoisotopic (exact) mass is 554 g/mol. The molecule has 1 amide bonds. The fourth-order valence-electron chi connectivity index (χ4n) is 4.64. The third-order valence-electron chi connectivity index (χ3n) is 6.64. The molecule has 2 N–H and O–H groups in total. The van der Waals surface area contributed by atoms with Crippen LogP contribution in [0.5, 0.6) is 11.5 Å². The van der Waals surface area contributed by atoms with Gasteiger partial charge in [-0.2, -0.15) is 0 Å². The molecule has 3 aromatic carbocycles. The number of phenolic OH excluding ortho intramolecular Hbond substituents is 1. The number of aromatic nitrogens is 1. The molecule has 0 fully saturated rings. The summed E-state index contributed by atoms with van der Waals surface area (Å²) in [5, 5.41) is 21.7. The van der Waals surface area contributed by atoms with Crippen molar-refractivity contribution in [3.63, 3.8) is 0 Å². The first-order valence-corrected chi connectivity index (χ1v) is 13.9. The van der Waals surface area contributed by atoms with Crippen molar-refractivity contribution < 1.29 is 24.5 Å². The van der Waals surface area contributed by atoms with Crippen LogP contribution in [0.3, 0.4) is 0 Å². The van der Waals surface area contributed by atoms with E-state index in [0.29, 0.717) is 33.7 Å². The molecule has 1 unspecified atom stereocenters. The lowest BCUT2D eigenvalue weighted by molar-refractivity contribution is -0.130. The topological polar surface area (TPSA) is 100.0 Å². The largest absolute Gasteiger partial charge is 0.508 e. The maximum absolute atomic E-state index is 14.0. The van der Waals surface area contributed by atoms with Gasteiger partial charge in [-0.15, -0.1) is 11.3 Å². The van der Waals surface area contributed by atoms with Gasteiger partial charge in [-0.25, -0.2) is 4.98 Å². The van der Waals surface area contributed by atoms with Crippen molar-refractivity contribution >= 4 is 23.0 Å². The van der Waals surface area contributed by atoms with E-state index in [1.165, 1.54) is 28.4 Å². The van der Waals surface area contributed by atoms with Crippen molar-refractivity contribution in [2.75, 3.05) is 6.61 Å². The van der Waals surface area contributed by atoms with E-state index in [9.17, 15) is 19.8 Å². The Morgan fingerprint density at radius 3 is 2.33 bits per heavy atom. The maximum Gasteiger partial charge on any atom is 0.290 e. The first kappa shape index (κ1) is 27.1. The molecule has 1 aliphatic rings. The van der Waals surface area contributed by atoms with Crippen molar-refractivity contribution in [1.29, 1.82) is 0 Å². The minimum absolute atomic E-state index is 0.000983.